The summed E-state index contributed by atoms with van der Waals surface area (Å²) >= 11 is 0. The number of aromatic hydroxyl groups is 2. The Morgan fingerprint density at radius 3 is 1.38 bits per heavy atom. The van der Waals surface area contributed by atoms with Crippen LogP contribution in [0.4, 0.5) is 0 Å². The van der Waals surface area contributed by atoms with Gasteiger partial charge in [-0.3, -0.25) is 0 Å². The zero-order valence-corrected chi connectivity index (χ0v) is 26.4. The van der Waals surface area contributed by atoms with Crippen molar-refractivity contribution in [1.29, 1.82) is 0 Å². The van der Waals surface area contributed by atoms with Gasteiger partial charge in [0.25, 0.3) is 0 Å². The average molecular weight is 541 g/mol. The van der Waals surface area contributed by atoms with Crippen molar-refractivity contribution in [1.82, 2.24) is 0 Å². The monoisotopic (exact) mass is 540 g/mol. The molecule has 2 atom stereocenters. The van der Waals surface area contributed by atoms with Crippen molar-refractivity contribution in [2.45, 2.75) is 117 Å². The van der Waals surface area contributed by atoms with E-state index in [9.17, 15) is 10.2 Å². The van der Waals surface area contributed by atoms with Gasteiger partial charge in [-0.1, -0.05) is 101 Å². The maximum atomic E-state index is 11.9. The van der Waals surface area contributed by atoms with Gasteiger partial charge in [-0.15, -0.1) is 0 Å². The number of para-hydroxylation sites is 1. The van der Waals surface area contributed by atoms with E-state index in [0.29, 0.717) is 23.5 Å². The first kappa shape index (κ1) is 31.4. The topological polar surface area (TPSA) is 74.8 Å². The van der Waals surface area contributed by atoms with Gasteiger partial charge in [0.2, 0.25) is 0 Å². The molecular weight excluding hydrogens is 488 g/mol. The van der Waals surface area contributed by atoms with Crippen LogP contribution in [0.5, 0.6) is 11.5 Å². The lowest BCUT2D eigenvalue weighted by molar-refractivity contribution is 0.102. The first-order chi connectivity index (χ1) is 17.7. The fraction of sp³-hybridized carbons (Fsp3) is 0.647. The molecule has 39 heavy (non-hydrogen) atoms. The predicted octanol–water partition coefficient (Wildman–Crippen LogP) is 7.76. The van der Waals surface area contributed by atoms with Crippen molar-refractivity contribution in [3.63, 3.8) is 0 Å². The first-order valence-electron chi connectivity index (χ1n) is 14.3. The Bertz CT molecular complexity index is 1130. The maximum Gasteiger partial charge on any atom is 0.127 e. The minimum absolute atomic E-state index is 0.141. The van der Waals surface area contributed by atoms with E-state index in [1.165, 1.54) is 11.1 Å². The van der Waals surface area contributed by atoms with Crippen LogP contribution in [0.25, 0.3) is 11.1 Å². The number of phenolic OH excluding ortho intramolecular Hbond substituents is 2. The van der Waals surface area contributed by atoms with Gasteiger partial charge in [0, 0.05) is 16.7 Å². The molecule has 2 N–H and O–H groups in total. The highest BCUT2D eigenvalue weighted by molar-refractivity contribution is 5.84. The predicted molar refractivity (Wildman–Crippen MR) is 160 cm³/mol. The molecule has 2 aliphatic heterocycles. The smallest absolute Gasteiger partial charge is 0.127 e. The van der Waals surface area contributed by atoms with Gasteiger partial charge in [0.1, 0.15) is 23.7 Å². The molecule has 0 aromatic heterocycles. The summed E-state index contributed by atoms with van der Waals surface area (Å²) in [6.07, 6.45) is 0.785. The number of epoxide rings is 2. The minimum Gasteiger partial charge on any atom is -0.507 e. The number of rotatable bonds is 5. The van der Waals surface area contributed by atoms with Crippen LogP contribution in [0.15, 0.2) is 24.3 Å². The summed E-state index contributed by atoms with van der Waals surface area (Å²) in [6.45, 7) is 29.8. The number of hydrogen-bond donors (Lipinski definition) is 2. The lowest BCUT2D eigenvalue weighted by Gasteiger charge is -2.42. The first-order valence-corrected chi connectivity index (χ1v) is 14.3. The molecule has 0 spiro atoms. The molecule has 5 heteroatoms. The average Bonchev–Trinajstić information content (AvgIpc) is 3.67. The highest BCUT2D eigenvalue weighted by Gasteiger charge is 2.41. The van der Waals surface area contributed by atoms with Gasteiger partial charge in [0.15, 0.2) is 0 Å². The van der Waals surface area contributed by atoms with Crippen molar-refractivity contribution in [2.75, 3.05) is 26.4 Å². The molecule has 218 valence electrons. The molecule has 2 aliphatic rings. The molecule has 2 saturated heterocycles. The fourth-order valence-corrected chi connectivity index (χ4v) is 5.32. The van der Waals surface area contributed by atoms with Crippen LogP contribution >= 0.6 is 0 Å². The van der Waals surface area contributed by atoms with E-state index in [-0.39, 0.29) is 27.4 Å². The zero-order valence-electron chi connectivity index (χ0n) is 26.4. The second-order valence-corrected chi connectivity index (χ2v) is 15.2. The van der Waals surface area contributed by atoms with Crippen molar-refractivity contribution >= 4 is 0 Å². The van der Waals surface area contributed by atoms with E-state index in [1.54, 1.807) is 6.07 Å². The molecule has 0 saturated carbocycles. The molecule has 0 radical (unpaired) electrons. The Morgan fingerprint density at radius 2 is 1.03 bits per heavy atom. The van der Waals surface area contributed by atoms with Gasteiger partial charge < -0.3 is 24.4 Å². The summed E-state index contributed by atoms with van der Waals surface area (Å²) in [6, 6.07) is 7.36. The van der Waals surface area contributed by atoms with Gasteiger partial charge in [0.05, 0.1) is 26.4 Å². The molecule has 2 aromatic rings. The Labute approximate surface area is 236 Å². The van der Waals surface area contributed by atoms with Crippen LogP contribution in [0, 0.1) is 0 Å². The molecule has 2 heterocycles. The summed E-state index contributed by atoms with van der Waals surface area (Å²) in [5, 5.41) is 22.7. The van der Waals surface area contributed by atoms with E-state index in [4.69, 9.17) is 14.2 Å². The molecule has 0 bridgehead atoms. The summed E-state index contributed by atoms with van der Waals surface area (Å²) in [7, 11) is 0. The SMILES string of the molecule is C(OCC1CO1)C1CO1.CC(C)(C)c1c(O)c(-c2ccccc2O)c(C(C)(C)C)c(C(C)(C)C)c1C(C)(C)C. The van der Waals surface area contributed by atoms with E-state index in [1.807, 2.05) is 18.2 Å². The van der Waals surface area contributed by atoms with Crippen LogP contribution in [0.3, 0.4) is 0 Å². The van der Waals surface area contributed by atoms with Crippen LogP contribution < -0.4 is 0 Å². The van der Waals surface area contributed by atoms with Crippen LogP contribution in [0.2, 0.25) is 0 Å². The van der Waals surface area contributed by atoms with E-state index >= 15 is 0 Å². The van der Waals surface area contributed by atoms with Gasteiger partial charge >= 0.3 is 0 Å². The van der Waals surface area contributed by atoms with Crippen molar-refractivity contribution in [3.05, 3.63) is 46.5 Å². The Kier molecular flexibility index (Phi) is 8.92. The molecule has 5 nitrogen and oxygen atoms in total. The highest BCUT2D eigenvalue weighted by atomic mass is 16.6. The van der Waals surface area contributed by atoms with Crippen molar-refractivity contribution < 1.29 is 24.4 Å². The van der Waals surface area contributed by atoms with E-state index in [2.05, 4.69) is 83.1 Å². The lowest BCUT2D eigenvalue weighted by Crippen LogP contribution is -2.33. The Hall–Kier alpha value is -2.08. The van der Waals surface area contributed by atoms with Crippen molar-refractivity contribution in [2.24, 2.45) is 0 Å². The standard InChI is InChI=1S/C28H42O2.C6H10O3/c1-25(2,3)20-19(17-15-13-14-16-18(17)29)24(30)23(28(10,11)12)22(27(7,8)9)21(20)26(4,5)6;1(5-3-8-5)7-2-6-4-9-6/h13-16,29-30H,1-12H3;5-6H,1-4H2. The van der Waals surface area contributed by atoms with Gasteiger partial charge in [-0.25, -0.2) is 0 Å². The molecule has 2 aromatic carbocycles. The molecular formula is C34H52O5. The summed E-state index contributed by atoms with van der Waals surface area (Å²) in [4.78, 5) is 0. The molecule has 4 rings (SSSR count). The Balaban J connectivity index is 0.000000387. The summed E-state index contributed by atoms with van der Waals surface area (Å²) in [5.41, 5.74) is 5.28. The van der Waals surface area contributed by atoms with Gasteiger partial charge in [-0.2, -0.15) is 0 Å². The third-order valence-corrected chi connectivity index (χ3v) is 7.06. The Morgan fingerprint density at radius 1 is 0.641 bits per heavy atom. The zero-order chi connectivity index (χ0) is 29.6. The maximum absolute atomic E-state index is 11.9. The van der Waals surface area contributed by atoms with E-state index < -0.39 is 0 Å². The van der Waals surface area contributed by atoms with Crippen LogP contribution in [-0.2, 0) is 35.9 Å². The highest BCUT2D eigenvalue weighted by Crippen LogP contribution is 2.55. The number of phenols is 2. The largest absolute Gasteiger partial charge is 0.507 e. The third kappa shape index (κ3) is 7.77. The molecule has 0 aliphatic carbocycles. The van der Waals surface area contributed by atoms with Crippen LogP contribution in [-0.4, -0.2) is 48.8 Å². The third-order valence-electron chi connectivity index (χ3n) is 7.06. The molecule has 2 unspecified atom stereocenters. The number of ether oxygens (including phenoxy) is 3. The normalized spacial score (nSPS) is 19.4. The minimum atomic E-state index is -0.262. The number of hydrogen-bond acceptors (Lipinski definition) is 5. The van der Waals surface area contributed by atoms with Crippen molar-refractivity contribution in [3.8, 4) is 22.6 Å². The van der Waals surface area contributed by atoms with Gasteiger partial charge in [-0.05, 0) is 44.4 Å². The summed E-state index contributed by atoms with van der Waals surface area (Å²) in [5.74, 6) is 0.494. The summed E-state index contributed by atoms with van der Waals surface area (Å²) < 4.78 is 15.1. The molecule has 2 fully saturated rings. The van der Waals surface area contributed by atoms with E-state index in [0.717, 1.165) is 43.1 Å². The molecule has 0 amide bonds. The second kappa shape index (κ2) is 11.1. The fourth-order valence-electron chi connectivity index (χ4n) is 5.32. The quantitative estimate of drug-likeness (QED) is 0.379. The lowest BCUT2D eigenvalue weighted by atomic mass is 9.62. The second-order valence-electron chi connectivity index (χ2n) is 15.2. The van der Waals surface area contributed by atoms with Crippen LogP contribution in [0.1, 0.15) is 105 Å². The number of benzene rings is 2.